The van der Waals surface area contributed by atoms with Crippen LogP contribution in [0.4, 0.5) is 20.3 Å². The largest absolute Gasteiger partial charge is 0.493 e. The Morgan fingerprint density at radius 2 is 1.67 bits per heavy atom. The number of ether oxygens (including phenoxy) is 1. The molecule has 5 rings (SSSR count). The van der Waals surface area contributed by atoms with Gasteiger partial charge in [0.1, 0.15) is 28.8 Å². The number of amides is 1. The van der Waals surface area contributed by atoms with E-state index in [9.17, 15) is 18.4 Å². The Balaban J connectivity index is 1.30. The summed E-state index contributed by atoms with van der Waals surface area (Å²) in [7, 11) is 8.29. The van der Waals surface area contributed by atoms with Gasteiger partial charge in [0.25, 0.3) is 5.91 Å². The van der Waals surface area contributed by atoms with Crippen molar-refractivity contribution in [1.29, 1.82) is 0 Å². The van der Waals surface area contributed by atoms with Gasteiger partial charge in [0, 0.05) is 51.2 Å². The number of carbonyl (C=O) groups is 1. The predicted molar refractivity (Wildman–Crippen MR) is 188 cm³/mol. The summed E-state index contributed by atoms with van der Waals surface area (Å²) < 4.78 is 36.7. The number of anilines is 2. The number of aryl methyl sites for hydroxylation is 1. The van der Waals surface area contributed by atoms with Gasteiger partial charge in [0.05, 0.1) is 44.4 Å². The maximum absolute atomic E-state index is 13.8. The molecule has 9 nitrogen and oxygen atoms in total. The van der Waals surface area contributed by atoms with Crippen molar-refractivity contribution in [2.75, 3.05) is 77.7 Å². The number of halogens is 2. The minimum Gasteiger partial charge on any atom is -0.493 e. The number of quaternary nitrogens is 1. The number of carbonyl (C=O) groups excluding carboxylic acids is 1. The SMILES string of the molecule is Cc1ccc(-n2cc(C(=O)Nc3cc(F)cc(F)c3)c(=O)c3ccc(N(C)C)nc32)cc1OCCCCCCC[N+]1(C)CCN(C)CC1. The Hall–Kier alpha value is -4.35. The standard InChI is InChI=1S/C37H46F2N6O3/c1-26-11-12-30(24-33(26)48-20-10-8-6-7-9-17-45(5)18-15-43(4)16-19-45)44-25-32(37(47)40-29-22-27(38)21-28(39)23-29)35(46)31-13-14-34(42(2)3)41-36(31)44/h11-14,21-25H,6-10,15-20H2,1-5H3/p+1. The van der Waals surface area contributed by atoms with Gasteiger partial charge < -0.3 is 24.0 Å². The van der Waals surface area contributed by atoms with Crippen molar-refractivity contribution < 1.29 is 22.8 Å². The van der Waals surface area contributed by atoms with Gasteiger partial charge in [-0.3, -0.25) is 14.5 Å². The van der Waals surface area contributed by atoms with Crippen molar-refractivity contribution in [2.24, 2.45) is 0 Å². The summed E-state index contributed by atoms with van der Waals surface area (Å²) in [6, 6.07) is 11.7. The predicted octanol–water partition coefficient (Wildman–Crippen LogP) is 6.01. The van der Waals surface area contributed by atoms with Gasteiger partial charge in [0.2, 0.25) is 5.43 Å². The molecule has 11 heteroatoms. The molecule has 1 N–H and O–H groups in total. The number of hydrogen-bond acceptors (Lipinski definition) is 6. The van der Waals surface area contributed by atoms with Gasteiger partial charge in [-0.25, -0.2) is 13.8 Å². The maximum Gasteiger partial charge on any atom is 0.261 e. The number of hydrogen-bond donors (Lipinski definition) is 1. The molecule has 2 aromatic carbocycles. The Morgan fingerprint density at radius 1 is 0.979 bits per heavy atom. The number of benzene rings is 2. The number of pyridine rings is 2. The third-order valence-corrected chi connectivity index (χ3v) is 9.25. The second-order valence-corrected chi connectivity index (χ2v) is 13.4. The molecule has 0 aliphatic carbocycles. The number of nitrogens with zero attached hydrogens (tertiary/aromatic N) is 5. The molecule has 0 saturated carbocycles. The van der Waals surface area contributed by atoms with Crippen LogP contribution in [0.1, 0.15) is 48.0 Å². The van der Waals surface area contributed by atoms with Crippen LogP contribution in [0.25, 0.3) is 16.7 Å². The van der Waals surface area contributed by atoms with Crippen LogP contribution < -0.4 is 20.4 Å². The first-order chi connectivity index (χ1) is 22.9. The number of rotatable bonds is 13. The molecule has 0 unspecified atom stereocenters. The highest BCUT2D eigenvalue weighted by atomic mass is 19.1. The van der Waals surface area contributed by atoms with Crippen LogP contribution in [-0.4, -0.2) is 92.4 Å². The third-order valence-electron chi connectivity index (χ3n) is 9.25. The minimum atomic E-state index is -0.842. The number of unbranched alkanes of at least 4 members (excludes halogenated alkanes) is 4. The summed E-state index contributed by atoms with van der Waals surface area (Å²) in [4.78, 5) is 35.9. The molecular weight excluding hydrogens is 614 g/mol. The van der Waals surface area contributed by atoms with Crippen LogP contribution in [0.5, 0.6) is 5.75 Å². The summed E-state index contributed by atoms with van der Waals surface area (Å²) in [6.45, 7) is 8.62. The van der Waals surface area contributed by atoms with E-state index in [2.05, 4.69) is 24.3 Å². The second kappa shape index (κ2) is 15.3. The maximum atomic E-state index is 13.8. The number of likely N-dealkylation sites (N-methyl/N-ethyl adjacent to an activating group) is 2. The molecule has 1 saturated heterocycles. The van der Waals surface area contributed by atoms with Crippen LogP contribution >= 0.6 is 0 Å². The summed E-state index contributed by atoms with van der Waals surface area (Å²) in [5.41, 5.74) is 1.13. The quantitative estimate of drug-likeness (QED) is 0.140. The number of piperazine rings is 1. The molecule has 48 heavy (non-hydrogen) atoms. The Labute approximate surface area is 281 Å². The van der Waals surface area contributed by atoms with Crippen molar-refractivity contribution in [3.05, 3.63) is 87.7 Å². The highest BCUT2D eigenvalue weighted by Gasteiger charge is 2.26. The summed E-state index contributed by atoms with van der Waals surface area (Å²) in [5, 5.41) is 2.69. The number of nitrogens with one attached hydrogen (secondary N) is 1. The Kier molecular flexibility index (Phi) is 11.1. The second-order valence-electron chi connectivity index (χ2n) is 13.4. The van der Waals surface area contributed by atoms with E-state index in [0.29, 0.717) is 35.6 Å². The zero-order valence-electron chi connectivity index (χ0n) is 28.7. The fraction of sp³-hybridized carbons (Fsp3) is 0.432. The first kappa shape index (κ1) is 35.0. The van der Waals surface area contributed by atoms with E-state index in [1.165, 1.54) is 62.7 Å². The van der Waals surface area contributed by atoms with E-state index < -0.39 is 23.0 Å². The van der Waals surface area contributed by atoms with E-state index in [4.69, 9.17) is 9.72 Å². The van der Waals surface area contributed by atoms with Gasteiger partial charge in [-0.05, 0) is 69.1 Å². The average Bonchev–Trinajstić information content (AvgIpc) is 3.04. The zero-order valence-corrected chi connectivity index (χ0v) is 28.7. The van der Waals surface area contributed by atoms with Gasteiger partial charge in [0.15, 0.2) is 5.65 Å². The van der Waals surface area contributed by atoms with Crippen LogP contribution in [0.15, 0.2) is 59.5 Å². The van der Waals surface area contributed by atoms with Crippen LogP contribution in [0, 0.1) is 18.6 Å². The van der Waals surface area contributed by atoms with Crippen LogP contribution in [-0.2, 0) is 0 Å². The van der Waals surface area contributed by atoms with E-state index in [0.717, 1.165) is 30.5 Å². The summed E-state index contributed by atoms with van der Waals surface area (Å²) in [5.74, 6) is -1.14. The van der Waals surface area contributed by atoms with Crippen molar-refractivity contribution in [1.82, 2.24) is 14.5 Å². The zero-order chi connectivity index (χ0) is 34.4. The van der Waals surface area contributed by atoms with Gasteiger partial charge in [-0.1, -0.05) is 18.9 Å². The minimum absolute atomic E-state index is 0.0960. The molecule has 1 amide bonds. The fourth-order valence-corrected chi connectivity index (χ4v) is 6.10. The van der Waals surface area contributed by atoms with E-state index >= 15 is 0 Å². The summed E-state index contributed by atoms with van der Waals surface area (Å²) in [6.07, 6.45) is 7.11. The molecule has 4 aromatic rings. The summed E-state index contributed by atoms with van der Waals surface area (Å²) >= 11 is 0. The molecule has 0 atom stereocenters. The molecule has 0 spiro atoms. The van der Waals surface area contributed by atoms with Crippen molar-refractivity contribution in [3.8, 4) is 11.4 Å². The Morgan fingerprint density at radius 3 is 2.38 bits per heavy atom. The van der Waals surface area contributed by atoms with Crippen molar-refractivity contribution in [2.45, 2.75) is 39.0 Å². The molecule has 2 aromatic heterocycles. The monoisotopic (exact) mass is 661 g/mol. The molecule has 3 heterocycles. The lowest BCUT2D eigenvalue weighted by atomic mass is 10.1. The first-order valence-electron chi connectivity index (χ1n) is 16.7. The first-order valence-corrected chi connectivity index (χ1v) is 16.7. The number of aromatic nitrogens is 2. The fourth-order valence-electron chi connectivity index (χ4n) is 6.10. The molecule has 1 aliphatic rings. The molecule has 256 valence electrons. The highest BCUT2D eigenvalue weighted by Crippen LogP contribution is 2.26. The topological polar surface area (TPSA) is 79.7 Å². The molecule has 0 radical (unpaired) electrons. The average molecular weight is 662 g/mol. The lowest BCUT2D eigenvalue weighted by molar-refractivity contribution is -0.913. The van der Waals surface area contributed by atoms with Crippen molar-refractivity contribution in [3.63, 3.8) is 0 Å². The van der Waals surface area contributed by atoms with Gasteiger partial charge in [-0.2, -0.15) is 0 Å². The van der Waals surface area contributed by atoms with Crippen LogP contribution in [0.3, 0.4) is 0 Å². The normalized spacial score (nSPS) is 14.6. The lowest BCUT2D eigenvalue weighted by Crippen LogP contribution is -2.56. The molecular formula is C37H47F2N6O3+. The lowest BCUT2D eigenvalue weighted by Gasteiger charge is -2.41. The molecule has 1 fully saturated rings. The molecule has 1 aliphatic heterocycles. The molecule has 0 bridgehead atoms. The van der Waals surface area contributed by atoms with E-state index in [1.54, 1.807) is 16.7 Å². The van der Waals surface area contributed by atoms with Gasteiger partial charge in [-0.15, -0.1) is 0 Å². The highest BCUT2D eigenvalue weighted by molar-refractivity contribution is 6.05. The van der Waals surface area contributed by atoms with Crippen molar-refractivity contribution >= 4 is 28.4 Å². The Bertz CT molecular complexity index is 1800. The van der Waals surface area contributed by atoms with Crippen LogP contribution in [0.2, 0.25) is 0 Å². The smallest absolute Gasteiger partial charge is 0.261 e. The van der Waals surface area contributed by atoms with E-state index in [1.807, 2.05) is 44.1 Å². The third kappa shape index (κ3) is 8.56. The number of fused-ring (bicyclic) bond motifs is 1. The van der Waals surface area contributed by atoms with Gasteiger partial charge >= 0.3 is 0 Å². The van der Waals surface area contributed by atoms with E-state index in [-0.39, 0.29) is 16.6 Å².